The molecule has 3 heteroatoms. The topological polar surface area (TPSA) is 44.0 Å². The normalized spacial score (nSPS) is 13.3. The molecule has 1 unspecified atom stereocenters. The van der Waals surface area contributed by atoms with Crippen LogP contribution in [-0.2, 0) is 0 Å². The minimum Gasteiger partial charge on any atom is -0.387 e. The molecule has 15 heavy (non-hydrogen) atoms. The summed E-state index contributed by atoms with van der Waals surface area (Å²) in [5.74, 6) is 0. The van der Waals surface area contributed by atoms with E-state index >= 15 is 0 Å². The molecule has 0 spiro atoms. The largest absolute Gasteiger partial charge is 0.387 e. The monoisotopic (exact) mass is 223 g/mol. The third-order valence-electron chi connectivity index (χ3n) is 2.50. The molecule has 0 heterocycles. The Morgan fingerprint density at radius 3 is 2.53 bits per heavy atom. The second-order valence-electron chi connectivity index (χ2n) is 4.24. The van der Waals surface area contributed by atoms with Gasteiger partial charge in [0.15, 0.2) is 0 Å². The number of hydrogen-bond donors (Lipinski definition) is 1. The summed E-state index contributed by atoms with van der Waals surface area (Å²) in [4.78, 5) is 0. The predicted octanol–water partition coefficient (Wildman–Crippen LogP) is 3.23. The number of hydrogen-bond acceptors (Lipinski definition) is 2. The Bertz CT molecular complexity index is 407. The summed E-state index contributed by atoms with van der Waals surface area (Å²) in [6.07, 6.45) is -0.792. The van der Waals surface area contributed by atoms with Gasteiger partial charge in [-0.3, -0.25) is 0 Å². The van der Waals surface area contributed by atoms with Crippen molar-refractivity contribution in [2.45, 2.75) is 26.9 Å². The Morgan fingerprint density at radius 2 is 2.07 bits per heavy atom. The zero-order chi connectivity index (χ0) is 11.6. The number of halogens is 1. The molecule has 80 valence electrons. The Hall–Kier alpha value is -1.04. The molecule has 0 saturated heterocycles. The molecule has 0 radical (unpaired) electrons. The standard InChI is InChI=1S/C12H14ClNO/c1-8-6-9(13)4-5-10(8)11(15)12(2,3)7-14/h4-6,11,15H,1-3H3. The average Bonchev–Trinajstić information content (AvgIpc) is 2.17. The highest BCUT2D eigenvalue weighted by atomic mass is 35.5. The van der Waals surface area contributed by atoms with Crippen molar-refractivity contribution in [3.05, 3.63) is 34.3 Å². The van der Waals surface area contributed by atoms with Gasteiger partial charge in [-0.1, -0.05) is 17.7 Å². The molecule has 1 aromatic rings. The second-order valence-corrected chi connectivity index (χ2v) is 4.67. The van der Waals surface area contributed by atoms with E-state index in [1.165, 1.54) is 0 Å². The zero-order valence-electron chi connectivity index (χ0n) is 9.08. The van der Waals surface area contributed by atoms with Crippen molar-refractivity contribution >= 4 is 11.6 Å². The average molecular weight is 224 g/mol. The van der Waals surface area contributed by atoms with E-state index in [0.29, 0.717) is 5.02 Å². The van der Waals surface area contributed by atoms with Crippen molar-refractivity contribution < 1.29 is 5.11 Å². The van der Waals surface area contributed by atoms with Gasteiger partial charge in [-0.05, 0) is 44.0 Å². The fraction of sp³-hybridized carbons (Fsp3) is 0.417. The molecule has 1 atom stereocenters. The van der Waals surface area contributed by atoms with Crippen LogP contribution in [0.5, 0.6) is 0 Å². The van der Waals surface area contributed by atoms with E-state index in [4.69, 9.17) is 16.9 Å². The number of benzene rings is 1. The Kier molecular flexibility index (Phi) is 3.38. The van der Waals surface area contributed by atoms with E-state index < -0.39 is 11.5 Å². The summed E-state index contributed by atoms with van der Waals surface area (Å²) in [5.41, 5.74) is 0.864. The summed E-state index contributed by atoms with van der Waals surface area (Å²) in [6.45, 7) is 5.30. The Labute approximate surface area is 95.1 Å². The van der Waals surface area contributed by atoms with Crippen LogP contribution in [0.1, 0.15) is 31.1 Å². The van der Waals surface area contributed by atoms with Gasteiger partial charge < -0.3 is 5.11 Å². The molecule has 0 aliphatic heterocycles. The summed E-state index contributed by atoms with van der Waals surface area (Å²) >= 11 is 5.82. The van der Waals surface area contributed by atoms with Crippen molar-refractivity contribution in [3.8, 4) is 6.07 Å². The fourth-order valence-corrected chi connectivity index (χ4v) is 1.62. The van der Waals surface area contributed by atoms with Gasteiger partial charge in [0.2, 0.25) is 0 Å². The fourth-order valence-electron chi connectivity index (χ4n) is 1.40. The van der Waals surface area contributed by atoms with Gasteiger partial charge in [-0.25, -0.2) is 0 Å². The molecule has 1 rings (SSSR count). The molecule has 0 aromatic heterocycles. The molecule has 0 fully saturated rings. The zero-order valence-corrected chi connectivity index (χ0v) is 9.84. The summed E-state index contributed by atoms with van der Waals surface area (Å²) < 4.78 is 0. The highest BCUT2D eigenvalue weighted by molar-refractivity contribution is 6.30. The SMILES string of the molecule is Cc1cc(Cl)ccc1C(O)C(C)(C)C#N. The first-order valence-electron chi connectivity index (χ1n) is 4.74. The number of rotatable bonds is 2. The van der Waals surface area contributed by atoms with Crippen molar-refractivity contribution in [1.29, 1.82) is 5.26 Å². The van der Waals surface area contributed by atoms with E-state index in [0.717, 1.165) is 11.1 Å². The van der Waals surface area contributed by atoms with Crippen LogP contribution in [0, 0.1) is 23.7 Å². The van der Waals surface area contributed by atoms with Gasteiger partial charge in [0.25, 0.3) is 0 Å². The molecule has 1 aromatic carbocycles. The highest BCUT2D eigenvalue weighted by Gasteiger charge is 2.29. The van der Waals surface area contributed by atoms with E-state index in [9.17, 15) is 5.11 Å². The summed E-state index contributed by atoms with van der Waals surface area (Å²) in [5, 5.41) is 19.6. The first-order valence-corrected chi connectivity index (χ1v) is 5.11. The van der Waals surface area contributed by atoms with Crippen LogP contribution < -0.4 is 0 Å². The first-order chi connectivity index (χ1) is 6.88. The van der Waals surface area contributed by atoms with Crippen LogP contribution in [0.15, 0.2) is 18.2 Å². The minimum absolute atomic E-state index is 0.637. The van der Waals surface area contributed by atoms with Crippen molar-refractivity contribution in [1.82, 2.24) is 0 Å². The Morgan fingerprint density at radius 1 is 1.47 bits per heavy atom. The minimum atomic E-state index is -0.793. The van der Waals surface area contributed by atoms with E-state index in [1.54, 1.807) is 32.0 Å². The van der Waals surface area contributed by atoms with Crippen LogP contribution in [0.25, 0.3) is 0 Å². The quantitative estimate of drug-likeness (QED) is 0.837. The number of aliphatic hydroxyl groups excluding tert-OH is 1. The predicted molar refractivity (Wildman–Crippen MR) is 60.5 cm³/mol. The summed E-state index contributed by atoms with van der Waals surface area (Å²) in [6, 6.07) is 7.37. The van der Waals surface area contributed by atoms with Crippen LogP contribution in [-0.4, -0.2) is 5.11 Å². The van der Waals surface area contributed by atoms with Crippen molar-refractivity contribution in [3.63, 3.8) is 0 Å². The Balaban J connectivity index is 3.13. The lowest BCUT2D eigenvalue weighted by molar-refractivity contribution is 0.0862. The molecule has 0 amide bonds. The van der Waals surface area contributed by atoms with Crippen LogP contribution >= 0.6 is 11.6 Å². The van der Waals surface area contributed by atoms with Gasteiger partial charge in [-0.2, -0.15) is 5.26 Å². The third-order valence-corrected chi connectivity index (χ3v) is 2.73. The van der Waals surface area contributed by atoms with Gasteiger partial charge in [-0.15, -0.1) is 0 Å². The van der Waals surface area contributed by atoms with Crippen LogP contribution in [0.3, 0.4) is 0 Å². The second kappa shape index (κ2) is 4.22. The van der Waals surface area contributed by atoms with Gasteiger partial charge in [0.05, 0.1) is 17.6 Å². The number of nitriles is 1. The van der Waals surface area contributed by atoms with Crippen molar-refractivity contribution in [2.24, 2.45) is 5.41 Å². The first kappa shape index (κ1) is 12.0. The number of aliphatic hydroxyl groups is 1. The van der Waals surface area contributed by atoms with E-state index in [-0.39, 0.29) is 0 Å². The molecule has 0 aliphatic carbocycles. The van der Waals surface area contributed by atoms with Gasteiger partial charge >= 0.3 is 0 Å². The van der Waals surface area contributed by atoms with E-state index in [1.807, 2.05) is 6.92 Å². The van der Waals surface area contributed by atoms with Gasteiger partial charge in [0.1, 0.15) is 0 Å². The molecule has 0 aliphatic rings. The highest BCUT2D eigenvalue weighted by Crippen LogP contribution is 2.34. The number of aryl methyl sites for hydroxylation is 1. The molecule has 0 bridgehead atoms. The van der Waals surface area contributed by atoms with Crippen LogP contribution in [0.4, 0.5) is 0 Å². The van der Waals surface area contributed by atoms with Gasteiger partial charge in [0, 0.05) is 5.02 Å². The lowest BCUT2D eigenvalue weighted by Crippen LogP contribution is -2.20. The third kappa shape index (κ3) is 2.50. The lowest BCUT2D eigenvalue weighted by atomic mass is 9.83. The molecular formula is C12H14ClNO. The van der Waals surface area contributed by atoms with Crippen molar-refractivity contribution in [2.75, 3.05) is 0 Å². The lowest BCUT2D eigenvalue weighted by Gasteiger charge is -2.24. The molecular weight excluding hydrogens is 210 g/mol. The number of nitrogens with zero attached hydrogens (tertiary/aromatic N) is 1. The van der Waals surface area contributed by atoms with E-state index in [2.05, 4.69) is 6.07 Å². The summed E-state index contributed by atoms with van der Waals surface area (Å²) in [7, 11) is 0. The van der Waals surface area contributed by atoms with Crippen LogP contribution in [0.2, 0.25) is 5.02 Å². The molecule has 1 N–H and O–H groups in total. The smallest absolute Gasteiger partial charge is 0.0973 e. The molecule has 0 saturated carbocycles. The maximum absolute atomic E-state index is 10.1. The maximum Gasteiger partial charge on any atom is 0.0973 e. The maximum atomic E-state index is 10.1. The molecule has 2 nitrogen and oxygen atoms in total.